The zero-order chi connectivity index (χ0) is 12.1. The molecule has 0 aromatic rings. The minimum absolute atomic E-state index is 0.174. The molecule has 1 aliphatic heterocycles. The molecule has 1 heterocycles. The Kier molecular flexibility index (Phi) is 4.83. The average Bonchev–Trinajstić information content (AvgIpc) is 2.73. The molecule has 0 spiro atoms. The first-order valence-electron chi connectivity index (χ1n) is 7.19. The zero-order valence-corrected chi connectivity index (χ0v) is 11.3. The summed E-state index contributed by atoms with van der Waals surface area (Å²) >= 11 is 0. The molecule has 3 nitrogen and oxygen atoms in total. The van der Waals surface area contributed by atoms with E-state index in [9.17, 15) is 0 Å². The Morgan fingerprint density at radius 2 is 2.18 bits per heavy atom. The summed E-state index contributed by atoms with van der Waals surface area (Å²) in [6.07, 6.45) is 7.70. The molecular formula is C14H27NO2. The molecular weight excluding hydrogens is 214 g/mol. The van der Waals surface area contributed by atoms with Gasteiger partial charge in [-0.05, 0) is 45.1 Å². The summed E-state index contributed by atoms with van der Waals surface area (Å²) in [5.74, 6) is 0. The van der Waals surface area contributed by atoms with Gasteiger partial charge in [-0.25, -0.2) is 0 Å². The van der Waals surface area contributed by atoms with Crippen molar-refractivity contribution in [1.82, 2.24) is 5.32 Å². The molecule has 2 rings (SSSR count). The maximum Gasteiger partial charge on any atom is 0.0809 e. The molecule has 17 heavy (non-hydrogen) atoms. The minimum Gasteiger partial charge on any atom is -0.376 e. The highest BCUT2D eigenvalue weighted by Crippen LogP contribution is 2.38. The van der Waals surface area contributed by atoms with E-state index in [1.54, 1.807) is 0 Å². The SMILES string of the molecule is CC(C)NCCC1(OCC2CCCO2)CCC1. The zero-order valence-electron chi connectivity index (χ0n) is 11.3. The topological polar surface area (TPSA) is 30.5 Å². The van der Waals surface area contributed by atoms with E-state index < -0.39 is 0 Å². The van der Waals surface area contributed by atoms with Crippen LogP contribution in [-0.4, -0.2) is 37.5 Å². The molecule has 1 saturated heterocycles. The summed E-state index contributed by atoms with van der Waals surface area (Å²) in [5.41, 5.74) is 0.174. The Hall–Kier alpha value is -0.120. The van der Waals surface area contributed by atoms with Crippen LogP contribution in [0.3, 0.4) is 0 Å². The number of hydrogen-bond donors (Lipinski definition) is 1. The van der Waals surface area contributed by atoms with Gasteiger partial charge in [-0.1, -0.05) is 13.8 Å². The second kappa shape index (κ2) is 6.17. The fourth-order valence-corrected chi connectivity index (χ4v) is 2.67. The fourth-order valence-electron chi connectivity index (χ4n) is 2.67. The van der Waals surface area contributed by atoms with E-state index in [-0.39, 0.29) is 5.60 Å². The van der Waals surface area contributed by atoms with Gasteiger partial charge in [0, 0.05) is 12.6 Å². The van der Waals surface area contributed by atoms with Crippen LogP contribution in [0.2, 0.25) is 0 Å². The van der Waals surface area contributed by atoms with Crippen LogP contribution in [-0.2, 0) is 9.47 Å². The molecule has 3 heteroatoms. The standard InChI is InChI=1S/C14H27NO2/c1-12(2)15-9-8-14(6-4-7-14)17-11-13-5-3-10-16-13/h12-13,15H,3-11H2,1-2H3. The molecule has 0 aromatic carbocycles. The van der Waals surface area contributed by atoms with Crippen molar-refractivity contribution in [2.24, 2.45) is 0 Å². The van der Waals surface area contributed by atoms with E-state index in [1.165, 1.54) is 32.1 Å². The van der Waals surface area contributed by atoms with Crippen molar-refractivity contribution in [2.75, 3.05) is 19.8 Å². The lowest BCUT2D eigenvalue weighted by Gasteiger charge is -2.42. The van der Waals surface area contributed by atoms with Gasteiger partial charge in [0.25, 0.3) is 0 Å². The predicted molar refractivity (Wildman–Crippen MR) is 69.3 cm³/mol. The molecule has 2 fully saturated rings. The van der Waals surface area contributed by atoms with Crippen LogP contribution in [0.15, 0.2) is 0 Å². The second-order valence-corrected chi connectivity index (χ2v) is 5.84. The largest absolute Gasteiger partial charge is 0.376 e. The van der Waals surface area contributed by atoms with Crippen molar-refractivity contribution in [3.63, 3.8) is 0 Å². The van der Waals surface area contributed by atoms with E-state index in [0.29, 0.717) is 12.1 Å². The van der Waals surface area contributed by atoms with E-state index >= 15 is 0 Å². The molecule has 1 atom stereocenters. The highest BCUT2D eigenvalue weighted by molar-refractivity contribution is 4.91. The lowest BCUT2D eigenvalue weighted by molar-refractivity contribution is -0.129. The maximum atomic E-state index is 6.17. The second-order valence-electron chi connectivity index (χ2n) is 5.84. The quantitative estimate of drug-likeness (QED) is 0.743. The van der Waals surface area contributed by atoms with Crippen molar-refractivity contribution >= 4 is 0 Å². The Morgan fingerprint density at radius 3 is 2.71 bits per heavy atom. The van der Waals surface area contributed by atoms with Crippen molar-refractivity contribution < 1.29 is 9.47 Å². The highest BCUT2D eigenvalue weighted by atomic mass is 16.5. The molecule has 1 unspecified atom stereocenters. The Labute approximate surface area is 105 Å². The number of rotatable bonds is 7. The van der Waals surface area contributed by atoms with Gasteiger partial charge in [0.2, 0.25) is 0 Å². The normalized spacial score (nSPS) is 27.4. The fraction of sp³-hybridized carbons (Fsp3) is 1.00. The lowest BCUT2D eigenvalue weighted by atomic mass is 9.77. The van der Waals surface area contributed by atoms with Gasteiger partial charge in [0.15, 0.2) is 0 Å². The average molecular weight is 241 g/mol. The maximum absolute atomic E-state index is 6.17. The summed E-state index contributed by atoms with van der Waals surface area (Å²) in [5, 5.41) is 3.49. The van der Waals surface area contributed by atoms with Gasteiger partial charge in [-0.15, -0.1) is 0 Å². The summed E-state index contributed by atoms with van der Waals surface area (Å²) in [6.45, 7) is 7.20. The minimum atomic E-state index is 0.174. The summed E-state index contributed by atoms with van der Waals surface area (Å²) in [7, 11) is 0. The first kappa shape index (κ1) is 13.3. The van der Waals surface area contributed by atoms with Gasteiger partial charge in [0.1, 0.15) is 0 Å². The van der Waals surface area contributed by atoms with Crippen LogP contribution in [0.25, 0.3) is 0 Å². The van der Waals surface area contributed by atoms with Gasteiger partial charge in [-0.2, -0.15) is 0 Å². The van der Waals surface area contributed by atoms with Gasteiger partial charge in [0.05, 0.1) is 18.3 Å². The van der Waals surface area contributed by atoms with Gasteiger partial charge >= 0.3 is 0 Å². The Balaban J connectivity index is 1.66. The highest BCUT2D eigenvalue weighted by Gasteiger charge is 2.38. The molecule has 1 saturated carbocycles. The van der Waals surface area contributed by atoms with Crippen LogP contribution in [0.4, 0.5) is 0 Å². The third-order valence-electron chi connectivity index (χ3n) is 4.00. The predicted octanol–water partition coefficient (Wildman–Crippen LogP) is 2.49. The van der Waals surface area contributed by atoms with Crippen LogP contribution in [0.1, 0.15) is 52.4 Å². The first-order chi connectivity index (χ1) is 8.20. The molecule has 100 valence electrons. The molecule has 2 aliphatic rings. The van der Waals surface area contributed by atoms with Crippen molar-refractivity contribution in [1.29, 1.82) is 0 Å². The number of ether oxygens (including phenoxy) is 2. The number of nitrogens with one attached hydrogen (secondary N) is 1. The molecule has 0 bridgehead atoms. The molecule has 0 radical (unpaired) electrons. The Bertz CT molecular complexity index is 220. The van der Waals surface area contributed by atoms with E-state index in [1.807, 2.05) is 0 Å². The van der Waals surface area contributed by atoms with Crippen LogP contribution in [0, 0.1) is 0 Å². The van der Waals surface area contributed by atoms with Gasteiger partial charge in [-0.3, -0.25) is 0 Å². The molecule has 0 aromatic heterocycles. The van der Waals surface area contributed by atoms with E-state index in [0.717, 1.165) is 26.2 Å². The van der Waals surface area contributed by atoms with Crippen molar-refractivity contribution in [3.8, 4) is 0 Å². The monoisotopic (exact) mass is 241 g/mol. The summed E-state index contributed by atoms with van der Waals surface area (Å²) in [4.78, 5) is 0. The molecule has 1 N–H and O–H groups in total. The van der Waals surface area contributed by atoms with Gasteiger partial charge < -0.3 is 14.8 Å². The van der Waals surface area contributed by atoms with Crippen molar-refractivity contribution in [3.05, 3.63) is 0 Å². The van der Waals surface area contributed by atoms with Crippen LogP contribution >= 0.6 is 0 Å². The van der Waals surface area contributed by atoms with Crippen LogP contribution < -0.4 is 5.32 Å². The van der Waals surface area contributed by atoms with Crippen LogP contribution in [0.5, 0.6) is 0 Å². The molecule has 0 amide bonds. The van der Waals surface area contributed by atoms with E-state index in [4.69, 9.17) is 9.47 Å². The third-order valence-corrected chi connectivity index (χ3v) is 4.00. The number of hydrogen-bond acceptors (Lipinski definition) is 3. The lowest BCUT2D eigenvalue weighted by Crippen LogP contribution is -2.44. The molecule has 1 aliphatic carbocycles. The smallest absolute Gasteiger partial charge is 0.0809 e. The summed E-state index contributed by atoms with van der Waals surface area (Å²) < 4.78 is 11.8. The third kappa shape index (κ3) is 3.94. The van der Waals surface area contributed by atoms with E-state index in [2.05, 4.69) is 19.2 Å². The van der Waals surface area contributed by atoms with Crippen molar-refractivity contribution in [2.45, 2.75) is 70.1 Å². The Morgan fingerprint density at radius 1 is 1.35 bits per heavy atom. The summed E-state index contributed by atoms with van der Waals surface area (Å²) in [6, 6.07) is 0.574. The first-order valence-corrected chi connectivity index (χ1v) is 7.19.